The molecule has 0 radical (unpaired) electrons. The highest BCUT2D eigenvalue weighted by atomic mass is 16.2. The van der Waals surface area contributed by atoms with Crippen LogP contribution in [-0.2, 0) is 11.3 Å². The number of rotatable bonds is 4. The number of carbonyl (C=O) groups is 1. The SMILES string of the molecule is CN(C)C(=O)Cn1ncc(NC2CC2)cc1=O. The number of hydrogen-bond acceptors (Lipinski definition) is 4. The monoisotopic (exact) mass is 236 g/mol. The molecule has 0 unspecified atom stereocenters. The zero-order valence-electron chi connectivity index (χ0n) is 10.0. The van der Waals surface area contributed by atoms with Gasteiger partial charge in [-0.25, -0.2) is 4.68 Å². The Morgan fingerprint density at radius 3 is 2.82 bits per heavy atom. The van der Waals surface area contributed by atoms with Gasteiger partial charge in [-0.3, -0.25) is 9.59 Å². The highest BCUT2D eigenvalue weighted by Crippen LogP contribution is 2.23. The third-order valence-electron chi connectivity index (χ3n) is 2.60. The van der Waals surface area contributed by atoms with Gasteiger partial charge in [-0.2, -0.15) is 5.10 Å². The molecule has 1 aliphatic carbocycles. The summed E-state index contributed by atoms with van der Waals surface area (Å²) in [6.45, 7) is -0.0183. The molecule has 0 bridgehead atoms. The predicted octanol–water partition coefficient (Wildman–Crippen LogP) is -0.0942. The fourth-order valence-electron chi connectivity index (χ4n) is 1.36. The summed E-state index contributed by atoms with van der Waals surface area (Å²) in [5.74, 6) is -0.150. The molecule has 1 heterocycles. The molecular formula is C11H16N4O2. The molecular weight excluding hydrogens is 220 g/mol. The summed E-state index contributed by atoms with van der Waals surface area (Å²) >= 11 is 0. The van der Waals surface area contributed by atoms with Crippen molar-refractivity contribution in [3.63, 3.8) is 0 Å². The van der Waals surface area contributed by atoms with Crippen LogP contribution < -0.4 is 10.9 Å². The third-order valence-corrected chi connectivity index (χ3v) is 2.60. The fourth-order valence-corrected chi connectivity index (χ4v) is 1.36. The molecule has 2 rings (SSSR count). The van der Waals surface area contributed by atoms with Crippen LogP contribution in [0.15, 0.2) is 17.1 Å². The molecule has 1 aliphatic rings. The van der Waals surface area contributed by atoms with Crippen molar-refractivity contribution in [3.8, 4) is 0 Å². The van der Waals surface area contributed by atoms with E-state index in [9.17, 15) is 9.59 Å². The van der Waals surface area contributed by atoms with Crippen molar-refractivity contribution in [2.24, 2.45) is 0 Å². The molecule has 1 aromatic rings. The topological polar surface area (TPSA) is 67.2 Å². The van der Waals surface area contributed by atoms with E-state index < -0.39 is 0 Å². The standard InChI is InChI=1S/C11H16N4O2/c1-14(2)11(17)7-15-10(16)5-9(6-12-15)13-8-3-4-8/h5-6,8,13H,3-4,7H2,1-2H3. The Bertz CT molecular complexity index is 477. The Kier molecular flexibility index (Phi) is 3.12. The number of aromatic nitrogens is 2. The Morgan fingerprint density at radius 2 is 2.29 bits per heavy atom. The average Bonchev–Trinajstić information content (AvgIpc) is 3.05. The third kappa shape index (κ3) is 3.05. The average molecular weight is 236 g/mol. The van der Waals surface area contributed by atoms with Crippen LogP contribution >= 0.6 is 0 Å². The van der Waals surface area contributed by atoms with E-state index >= 15 is 0 Å². The molecule has 6 heteroatoms. The number of likely N-dealkylation sites (N-methyl/N-ethyl adjacent to an activating group) is 1. The molecule has 92 valence electrons. The Balaban J connectivity index is 2.08. The van der Waals surface area contributed by atoms with Gasteiger partial charge in [0.15, 0.2) is 0 Å². The number of nitrogens with one attached hydrogen (secondary N) is 1. The normalized spacial score (nSPS) is 14.5. The van der Waals surface area contributed by atoms with Crippen LogP contribution in [-0.4, -0.2) is 40.7 Å². The van der Waals surface area contributed by atoms with Gasteiger partial charge in [-0.1, -0.05) is 0 Å². The molecule has 1 fully saturated rings. The summed E-state index contributed by atoms with van der Waals surface area (Å²) in [6.07, 6.45) is 3.87. The van der Waals surface area contributed by atoms with Gasteiger partial charge >= 0.3 is 0 Å². The van der Waals surface area contributed by atoms with E-state index in [1.54, 1.807) is 20.3 Å². The lowest BCUT2D eigenvalue weighted by molar-refractivity contribution is -0.129. The van der Waals surface area contributed by atoms with Gasteiger partial charge in [0, 0.05) is 26.2 Å². The van der Waals surface area contributed by atoms with Gasteiger partial charge in [0.2, 0.25) is 5.91 Å². The van der Waals surface area contributed by atoms with E-state index in [0.717, 1.165) is 18.5 Å². The molecule has 0 saturated heterocycles. The van der Waals surface area contributed by atoms with Crippen molar-refractivity contribution in [1.29, 1.82) is 0 Å². The summed E-state index contributed by atoms with van der Waals surface area (Å²) < 4.78 is 1.17. The van der Waals surface area contributed by atoms with Crippen LogP contribution in [0.5, 0.6) is 0 Å². The minimum Gasteiger partial charge on any atom is -0.381 e. The van der Waals surface area contributed by atoms with E-state index in [1.807, 2.05) is 0 Å². The molecule has 0 aromatic carbocycles. The van der Waals surface area contributed by atoms with Gasteiger partial charge in [0.1, 0.15) is 6.54 Å². The summed E-state index contributed by atoms with van der Waals surface area (Å²) in [5, 5.41) is 7.16. The lowest BCUT2D eigenvalue weighted by Crippen LogP contribution is -2.32. The van der Waals surface area contributed by atoms with Crippen LogP contribution in [0.1, 0.15) is 12.8 Å². The molecule has 1 aromatic heterocycles. The van der Waals surface area contributed by atoms with E-state index in [1.165, 1.54) is 15.6 Å². The van der Waals surface area contributed by atoms with Gasteiger partial charge in [-0.15, -0.1) is 0 Å². The number of nitrogens with zero attached hydrogens (tertiary/aromatic N) is 3. The van der Waals surface area contributed by atoms with Gasteiger partial charge < -0.3 is 10.2 Å². The smallest absolute Gasteiger partial charge is 0.269 e. The maximum absolute atomic E-state index is 11.7. The predicted molar refractivity (Wildman–Crippen MR) is 63.8 cm³/mol. The summed E-state index contributed by atoms with van der Waals surface area (Å²) in [7, 11) is 3.30. The number of anilines is 1. The van der Waals surface area contributed by atoms with Gasteiger partial charge in [-0.05, 0) is 12.8 Å². The van der Waals surface area contributed by atoms with Gasteiger partial charge in [0.05, 0.1) is 11.9 Å². The van der Waals surface area contributed by atoms with E-state index in [-0.39, 0.29) is 18.0 Å². The molecule has 0 aliphatic heterocycles. The second-order valence-electron chi connectivity index (χ2n) is 4.45. The second-order valence-corrected chi connectivity index (χ2v) is 4.45. The van der Waals surface area contributed by atoms with E-state index in [4.69, 9.17) is 0 Å². The number of hydrogen-bond donors (Lipinski definition) is 1. The molecule has 0 spiro atoms. The zero-order valence-corrected chi connectivity index (χ0v) is 10.0. The van der Waals surface area contributed by atoms with Crippen molar-refractivity contribution < 1.29 is 4.79 Å². The quantitative estimate of drug-likeness (QED) is 0.793. The molecule has 0 atom stereocenters. The van der Waals surface area contributed by atoms with Crippen LogP contribution in [0.4, 0.5) is 5.69 Å². The molecule has 17 heavy (non-hydrogen) atoms. The van der Waals surface area contributed by atoms with Crippen molar-refractivity contribution >= 4 is 11.6 Å². The van der Waals surface area contributed by atoms with Crippen LogP contribution in [0.25, 0.3) is 0 Å². The lowest BCUT2D eigenvalue weighted by atomic mass is 10.4. The van der Waals surface area contributed by atoms with Crippen molar-refractivity contribution in [3.05, 3.63) is 22.6 Å². The van der Waals surface area contributed by atoms with Crippen molar-refractivity contribution in [2.45, 2.75) is 25.4 Å². The van der Waals surface area contributed by atoms with Gasteiger partial charge in [0.25, 0.3) is 5.56 Å². The van der Waals surface area contributed by atoms with Crippen LogP contribution in [0.3, 0.4) is 0 Å². The lowest BCUT2D eigenvalue weighted by Gasteiger charge is -2.11. The number of carbonyl (C=O) groups excluding carboxylic acids is 1. The summed E-state index contributed by atoms with van der Waals surface area (Å²) in [4.78, 5) is 24.6. The van der Waals surface area contributed by atoms with Crippen LogP contribution in [0.2, 0.25) is 0 Å². The Morgan fingerprint density at radius 1 is 1.59 bits per heavy atom. The van der Waals surface area contributed by atoms with E-state index in [2.05, 4.69) is 10.4 Å². The summed E-state index contributed by atoms with van der Waals surface area (Å²) in [5.41, 5.74) is 0.469. The zero-order chi connectivity index (χ0) is 12.4. The first-order valence-corrected chi connectivity index (χ1v) is 5.60. The highest BCUT2D eigenvalue weighted by molar-refractivity contribution is 5.75. The van der Waals surface area contributed by atoms with Crippen LogP contribution in [0, 0.1) is 0 Å². The maximum Gasteiger partial charge on any atom is 0.269 e. The Hall–Kier alpha value is -1.85. The van der Waals surface area contributed by atoms with Crippen molar-refractivity contribution in [2.75, 3.05) is 19.4 Å². The first-order chi connectivity index (χ1) is 8.06. The minimum atomic E-state index is -0.258. The molecule has 1 amide bonds. The van der Waals surface area contributed by atoms with E-state index in [0.29, 0.717) is 6.04 Å². The largest absolute Gasteiger partial charge is 0.381 e. The fraction of sp³-hybridized carbons (Fsp3) is 0.545. The highest BCUT2D eigenvalue weighted by Gasteiger charge is 2.21. The maximum atomic E-state index is 11.7. The molecule has 1 saturated carbocycles. The van der Waals surface area contributed by atoms with Crippen molar-refractivity contribution in [1.82, 2.24) is 14.7 Å². The summed E-state index contributed by atoms with van der Waals surface area (Å²) in [6, 6.07) is 1.96. The number of amides is 1. The molecule has 6 nitrogen and oxygen atoms in total. The second kappa shape index (κ2) is 4.57. The first-order valence-electron chi connectivity index (χ1n) is 5.60. The molecule has 1 N–H and O–H groups in total. The minimum absolute atomic E-state index is 0.0183. The first kappa shape index (κ1) is 11.6. The Labute approximate surface area is 99.2 Å².